The molecule has 2 rings (SSSR count). The van der Waals surface area contributed by atoms with Gasteiger partial charge in [0.25, 0.3) is 0 Å². The number of hydrogen-bond donors (Lipinski definition) is 2. The molecule has 0 aliphatic carbocycles. The first-order valence-corrected chi connectivity index (χ1v) is 7.46. The molecule has 0 saturated carbocycles. The van der Waals surface area contributed by atoms with Crippen LogP contribution in [0.4, 0.5) is 5.69 Å². The van der Waals surface area contributed by atoms with Gasteiger partial charge in [0.15, 0.2) is 5.75 Å². The second-order valence-corrected chi connectivity index (χ2v) is 5.53. The first-order valence-electron chi connectivity index (χ1n) is 7.46. The van der Waals surface area contributed by atoms with Gasteiger partial charge >= 0.3 is 0 Å². The molecule has 0 aliphatic rings. The topological polar surface area (TPSA) is 47.3 Å². The first kappa shape index (κ1) is 15.4. The van der Waals surface area contributed by atoms with Crippen LogP contribution in [-0.2, 0) is 0 Å². The molecule has 0 aromatic heterocycles. The van der Waals surface area contributed by atoms with Crippen LogP contribution in [0.5, 0.6) is 11.5 Å². The zero-order valence-corrected chi connectivity index (χ0v) is 12.8. The van der Waals surface area contributed by atoms with E-state index < -0.39 is 0 Å². The van der Waals surface area contributed by atoms with E-state index in [9.17, 15) is 0 Å². The third-order valence-corrected chi connectivity index (χ3v) is 3.66. The van der Waals surface area contributed by atoms with Crippen molar-refractivity contribution in [2.75, 3.05) is 18.4 Å². The summed E-state index contributed by atoms with van der Waals surface area (Å²) in [6.45, 7) is 5.94. The van der Waals surface area contributed by atoms with Gasteiger partial charge in [-0.05, 0) is 42.6 Å². The number of para-hydroxylation sites is 3. The predicted molar refractivity (Wildman–Crippen MR) is 88.8 cm³/mol. The van der Waals surface area contributed by atoms with Crippen LogP contribution in [0.15, 0.2) is 54.6 Å². The Morgan fingerprint density at radius 2 is 1.67 bits per heavy atom. The third kappa shape index (κ3) is 4.50. The maximum atomic E-state index is 5.94. The SMILES string of the molecule is CC(C)C(CN)CNc1ccccc1Oc1ccccc1. The van der Waals surface area contributed by atoms with Crippen molar-refractivity contribution >= 4 is 5.69 Å². The van der Waals surface area contributed by atoms with E-state index in [1.807, 2.05) is 54.6 Å². The number of rotatable bonds is 7. The highest BCUT2D eigenvalue weighted by Gasteiger charge is 2.12. The molecule has 0 heterocycles. The monoisotopic (exact) mass is 284 g/mol. The van der Waals surface area contributed by atoms with Gasteiger partial charge in [-0.25, -0.2) is 0 Å². The van der Waals surface area contributed by atoms with E-state index in [1.54, 1.807) is 0 Å². The number of ether oxygens (including phenoxy) is 1. The number of anilines is 1. The lowest BCUT2D eigenvalue weighted by Crippen LogP contribution is -2.27. The minimum atomic E-state index is 0.454. The summed E-state index contributed by atoms with van der Waals surface area (Å²) in [5.41, 5.74) is 6.83. The molecule has 112 valence electrons. The second kappa shape index (κ2) is 7.70. The highest BCUT2D eigenvalue weighted by molar-refractivity contribution is 5.57. The molecule has 3 heteroatoms. The Balaban J connectivity index is 2.06. The number of benzene rings is 2. The van der Waals surface area contributed by atoms with Crippen molar-refractivity contribution in [3.63, 3.8) is 0 Å². The predicted octanol–water partition coefficient (Wildman–Crippen LogP) is 4.12. The molecule has 21 heavy (non-hydrogen) atoms. The lowest BCUT2D eigenvalue weighted by atomic mass is 9.96. The molecule has 1 unspecified atom stereocenters. The average molecular weight is 284 g/mol. The zero-order valence-electron chi connectivity index (χ0n) is 12.8. The molecule has 2 aromatic carbocycles. The average Bonchev–Trinajstić information content (AvgIpc) is 2.50. The fourth-order valence-electron chi connectivity index (χ4n) is 2.15. The molecule has 2 aromatic rings. The normalized spacial score (nSPS) is 12.2. The molecule has 0 radical (unpaired) electrons. The highest BCUT2D eigenvalue weighted by Crippen LogP contribution is 2.29. The molecular formula is C18H24N2O. The summed E-state index contributed by atoms with van der Waals surface area (Å²) in [5.74, 6) is 2.69. The van der Waals surface area contributed by atoms with Crippen LogP contribution in [0.25, 0.3) is 0 Å². The van der Waals surface area contributed by atoms with Gasteiger partial charge in [0.05, 0.1) is 5.69 Å². The maximum absolute atomic E-state index is 5.94. The van der Waals surface area contributed by atoms with Crippen LogP contribution >= 0.6 is 0 Å². The number of nitrogens with one attached hydrogen (secondary N) is 1. The van der Waals surface area contributed by atoms with Crippen LogP contribution in [0.2, 0.25) is 0 Å². The molecular weight excluding hydrogens is 260 g/mol. The van der Waals surface area contributed by atoms with Gasteiger partial charge in [-0.2, -0.15) is 0 Å². The Kier molecular flexibility index (Phi) is 5.64. The summed E-state index contributed by atoms with van der Waals surface area (Å²) in [5, 5.41) is 3.46. The maximum Gasteiger partial charge on any atom is 0.150 e. The van der Waals surface area contributed by atoms with Gasteiger partial charge < -0.3 is 15.8 Å². The molecule has 0 spiro atoms. The van der Waals surface area contributed by atoms with Gasteiger partial charge in [-0.15, -0.1) is 0 Å². The number of nitrogens with two attached hydrogens (primary N) is 1. The molecule has 0 aliphatic heterocycles. The van der Waals surface area contributed by atoms with Crippen LogP contribution < -0.4 is 15.8 Å². The van der Waals surface area contributed by atoms with E-state index in [2.05, 4.69) is 19.2 Å². The van der Waals surface area contributed by atoms with Crippen LogP contribution in [0.3, 0.4) is 0 Å². The summed E-state index contributed by atoms with van der Waals surface area (Å²) >= 11 is 0. The largest absolute Gasteiger partial charge is 0.455 e. The Hall–Kier alpha value is -2.00. The Morgan fingerprint density at radius 3 is 2.33 bits per heavy atom. The van der Waals surface area contributed by atoms with E-state index in [0.717, 1.165) is 23.7 Å². The second-order valence-electron chi connectivity index (χ2n) is 5.53. The Bertz CT molecular complexity index is 540. The van der Waals surface area contributed by atoms with Gasteiger partial charge in [-0.1, -0.05) is 44.2 Å². The van der Waals surface area contributed by atoms with Crippen molar-refractivity contribution in [2.45, 2.75) is 13.8 Å². The Labute approximate surface area is 127 Å². The van der Waals surface area contributed by atoms with E-state index in [1.165, 1.54) is 0 Å². The molecule has 3 N–H and O–H groups in total. The van der Waals surface area contributed by atoms with Crippen LogP contribution in [0.1, 0.15) is 13.8 Å². The quantitative estimate of drug-likeness (QED) is 0.804. The van der Waals surface area contributed by atoms with E-state index in [-0.39, 0.29) is 0 Å². The van der Waals surface area contributed by atoms with Crippen molar-refractivity contribution in [1.29, 1.82) is 0 Å². The summed E-state index contributed by atoms with van der Waals surface area (Å²) in [7, 11) is 0. The smallest absolute Gasteiger partial charge is 0.150 e. The number of hydrogen-bond acceptors (Lipinski definition) is 3. The van der Waals surface area contributed by atoms with Gasteiger partial charge in [0, 0.05) is 6.54 Å². The fraction of sp³-hybridized carbons (Fsp3) is 0.333. The van der Waals surface area contributed by atoms with E-state index in [0.29, 0.717) is 18.4 Å². The summed E-state index contributed by atoms with van der Waals surface area (Å²) in [6.07, 6.45) is 0. The van der Waals surface area contributed by atoms with Crippen molar-refractivity contribution < 1.29 is 4.74 Å². The summed E-state index contributed by atoms with van der Waals surface area (Å²) in [6, 6.07) is 17.8. The fourth-order valence-corrected chi connectivity index (χ4v) is 2.15. The molecule has 0 bridgehead atoms. The van der Waals surface area contributed by atoms with Crippen LogP contribution in [0, 0.1) is 11.8 Å². The van der Waals surface area contributed by atoms with Crippen molar-refractivity contribution in [1.82, 2.24) is 0 Å². The zero-order chi connectivity index (χ0) is 15.1. The lowest BCUT2D eigenvalue weighted by molar-refractivity contribution is 0.412. The third-order valence-electron chi connectivity index (χ3n) is 3.66. The van der Waals surface area contributed by atoms with Gasteiger partial charge in [0.1, 0.15) is 5.75 Å². The minimum Gasteiger partial charge on any atom is -0.455 e. The minimum absolute atomic E-state index is 0.454. The highest BCUT2D eigenvalue weighted by atomic mass is 16.5. The summed E-state index contributed by atoms with van der Waals surface area (Å²) in [4.78, 5) is 0. The molecule has 1 atom stereocenters. The molecule has 0 fully saturated rings. The van der Waals surface area contributed by atoms with Crippen molar-refractivity contribution in [3.8, 4) is 11.5 Å². The van der Waals surface area contributed by atoms with Gasteiger partial charge in [-0.3, -0.25) is 0 Å². The lowest BCUT2D eigenvalue weighted by Gasteiger charge is -2.21. The van der Waals surface area contributed by atoms with Crippen molar-refractivity contribution in [2.24, 2.45) is 17.6 Å². The summed E-state index contributed by atoms with van der Waals surface area (Å²) < 4.78 is 5.94. The van der Waals surface area contributed by atoms with E-state index >= 15 is 0 Å². The standard InChI is InChI=1S/C18H24N2O/c1-14(2)15(12-19)13-20-17-10-6-7-11-18(17)21-16-8-4-3-5-9-16/h3-11,14-15,20H,12-13,19H2,1-2H3. The Morgan fingerprint density at radius 1 is 1.00 bits per heavy atom. The van der Waals surface area contributed by atoms with Crippen molar-refractivity contribution in [3.05, 3.63) is 54.6 Å². The van der Waals surface area contributed by atoms with E-state index in [4.69, 9.17) is 10.5 Å². The van der Waals surface area contributed by atoms with Crippen LogP contribution in [-0.4, -0.2) is 13.1 Å². The molecule has 0 saturated heterocycles. The van der Waals surface area contributed by atoms with Gasteiger partial charge in [0.2, 0.25) is 0 Å². The first-order chi connectivity index (χ1) is 10.2. The molecule has 0 amide bonds. The molecule has 3 nitrogen and oxygen atoms in total.